The summed E-state index contributed by atoms with van der Waals surface area (Å²) in [5, 5.41) is 7.72. The smallest absolute Gasteiger partial charge is 0.277 e. The van der Waals surface area contributed by atoms with Gasteiger partial charge in [-0.25, -0.2) is 0 Å². The van der Waals surface area contributed by atoms with E-state index in [1.807, 2.05) is 54.6 Å². The minimum absolute atomic E-state index is 0.261. The first-order chi connectivity index (χ1) is 16.2. The fourth-order valence-corrected chi connectivity index (χ4v) is 5.24. The molecule has 0 saturated heterocycles. The molecule has 3 aromatic carbocycles. The van der Waals surface area contributed by atoms with Gasteiger partial charge in [0.05, 0.1) is 5.69 Å². The van der Waals surface area contributed by atoms with Crippen LogP contribution < -0.4 is 5.32 Å². The Morgan fingerprint density at radius 3 is 2.70 bits per heavy atom. The van der Waals surface area contributed by atoms with Crippen molar-refractivity contribution in [3.05, 3.63) is 100 Å². The van der Waals surface area contributed by atoms with Crippen LogP contribution in [0.3, 0.4) is 0 Å². The third-order valence-electron chi connectivity index (χ3n) is 5.79. The summed E-state index contributed by atoms with van der Waals surface area (Å²) in [5.74, 6) is 1.07. The molecule has 33 heavy (non-hydrogen) atoms. The summed E-state index contributed by atoms with van der Waals surface area (Å²) in [6.45, 7) is 0. The average molecular weight is 475 g/mol. The van der Waals surface area contributed by atoms with Gasteiger partial charge < -0.3 is 9.84 Å². The van der Waals surface area contributed by atoms with Gasteiger partial charge in [-0.2, -0.15) is 0 Å². The highest BCUT2D eigenvalue weighted by molar-refractivity contribution is 7.98. The average Bonchev–Trinajstić information content (AvgIpc) is 3.34. The predicted molar refractivity (Wildman–Crippen MR) is 134 cm³/mol. The molecule has 4 aromatic rings. The maximum Gasteiger partial charge on any atom is 0.277 e. The second-order valence-electron chi connectivity index (χ2n) is 8.14. The molecule has 0 unspecified atom stereocenters. The van der Waals surface area contributed by atoms with Crippen molar-refractivity contribution in [3.8, 4) is 11.3 Å². The van der Waals surface area contributed by atoms with Crippen LogP contribution in [0.5, 0.6) is 0 Å². The van der Waals surface area contributed by atoms with Gasteiger partial charge in [0.15, 0.2) is 11.5 Å². The van der Waals surface area contributed by atoms with Crippen LogP contribution in [-0.2, 0) is 18.6 Å². The van der Waals surface area contributed by atoms with Crippen molar-refractivity contribution in [2.75, 3.05) is 5.32 Å². The zero-order valence-corrected chi connectivity index (χ0v) is 19.6. The Morgan fingerprint density at radius 2 is 1.82 bits per heavy atom. The number of carbonyl (C=O) groups is 1. The molecule has 1 aliphatic rings. The van der Waals surface area contributed by atoms with Crippen molar-refractivity contribution < 1.29 is 9.32 Å². The van der Waals surface area contributed by atoms with Gasteiger partial charge in [0, 0.05) is 27.3 Å². The molecule has 0 radical (unpaired) electrons. The Hall–Kier alpha value is -3.02. The van der Waals surface area contributed by atoms with Gasteiger partial charge in [-0.1, -0.05) is 53.2 Å². The quantitative estimate of drug-likeness (QED) is 0.295. The van der Waals surface area contributed by atoms with E-state index in [1.54, 1.807) is 17.8 Å². The van der Waals surface area contributed by atoms with E-state index in [0.717, 1.165) is 45.3 Å². The van der Waals surface area contributed by atoms with E-state index in [9.17, 15) is 4.79 Å². The first kappa shape index (κ1) is 21.8. The molecule has 0 bridgehead atoms. The minimum atomic E-state index is -0.293. The van der Waals surface area contributed by atoms with Gasteiger partial charge in [-0.05, 0) is 72.7 Å². The lowest BCUT2D eigenvalue weighted by molar-refractivity contribution is 0.101. The number of rotatable bonds is 6. The van der Waals surface area contributed by atoms with Crippen molar-refractivity contribution >= 4 is 35.0 Å². The van der Waals surface area contributed by atoms with E-state index in [-0.39, 0.29) is 11.6 Å². The van der Waals surface area contributed by atoms with Crippen molar-refractivity contribution in [2.24, 2.45) is 0 Å². The second kappa shape index (κ2) is 9.86. The molecule has 0 fully saturated rings. The van der Waals surface area contributed by atoms with E-state index < -0.39 is 0 Å². The lowest BCUT2D eigenvalue weighted by Crippen LogP contribution is -2.12. The molecule has 1 aliphatic carbocycles. The Balaban J connectivity index is 1.29. The Bertz CT molecular complexity index is 1300. The minimum Gasteiger partial charge on any atom is -0.355 e. The van der Waals surface area contributed by atoms with Crippen LogP contribution in [0, 0.1) is 0 Å². The third kappa shape index (κ3) is 5.15. The van der Waals surface area contributed by atoms with Crippen LogP contribution in [-0.4, -0.2) is 11.1 Å². The maximum absolute atomic E-state index is 12.9. The number of hydrogen-bond donors (Lipinski definition) is 1. The lowest BCUT2D eigenvalue weighted by atomic mass is 9.90. The SMILES string of the molecule is O=C(Nc1ccccc1SCc1cccc(Cl)c1)c1cc(-c2ccc3c(c2)CCCC3)on1. The standard InChI is InChI=1S/C27H23ClN2O2S/c28-22-9-5-6-18(14-22)17-33-26-11-4-3-10-23(26)29-27(31)24-16-25(32-30-24)21-13-12-19-7-1-2-8-20(19)15-21/h3-6,9-16H,1-2,7-8,17H2,(H,29,31). The van der Waals surface area contributed by atoms with Gasteiger partial charge in [0.2, 0.25) is 0 Å². The van der Waals surface area contributed by atoms with E-state index in [0.29, 0.717) is 5.76 Å². The van der Waals surface area contributed by atoms with Crippen LogP contribution in [0.25, 0.3) is 11.3 Å². The Morgan fingerprint density at radius 1 is 0.970 bits per heavy atom. The second-order valence-corrected chi connectivity index (χ2v) is 9.59. The molecule has 0 saturated carbocycles. The molecule has 0 atom stereocenters. The summed E-state index contributed by atoms with van der Waals surface area (Å²) in [6.07, 6.45) is 4.69. The van der Waals surface area contributed by atoms with Crippen molar-refractivity contribution in [3.63, 3.8) is 0 Å². The number of aryl methyl sites for hydroxylation is 2. The van der Waals surface area contributed by atoms with Gasteiger partial charge in [-0.3, -0.25) is 4.79 Å². The number of benzene rings is 3. The predicted octanol–water partition coefficient (Wildman–Crippen LogP) is 7.42. The number of anilines is 1. The number of halogens is 1. The normalized spacial score (nSPS) is 12.9. The van der Waals surface area contributed by atoms with Crippen molar-refractivity contribution in [2.45, 2.75) is 36.3 Å². The molecule has 1 aromatic heterocycles. The number of nitrogens with zero attached hydrogens (tertiary/aromatic N) is 1. The number of nitrogens with one attached hydrogen (secondary N) is 1. The highest BCUT2D eigenvalue weighted by Crippen LogP contribution is 2.31. The van der Waals surface area contributed by atoms with Crippen LogP contribution in [0.1, 0.15) is 40.0 Å². The highest BCUT2D eigenvalue weighted by atomic mass is 35.5. The number of thioether (sulfide) groups is 1. The molecule has 1 amide bonds. The maximum atomic E-state index is 12.9. The molecule has 0 aliphatic heterocycles. The number of para-hydroxylation sites is 1. The van der Waals surface area contributed by atoms with E-state index in [1.165, 1.54) is 24.0 Å². The molecular formula is C27H23ClN2O2S. The van der Waals surface area contributed by atoms with Crippen molar-refractivity contribution in [1.29, 1.82) is 0 Å². The lowest BCUT2D eigenvalue weighted by Gasteiger charge is -2.15. The summed E-state index contributed by atoms with van der Waals surface area (Å²) in [4.78, 5) is 13.9. The van der Waals surface area contributed by atoms with Gasteiger partial charge in [-0.15, -0.1) is 11.8 Å². The van der Waals surface area contributed by atoms with E-state index >= 15 is 0 Å². The van der Waals surface area contributed by atoms with Gasteiger partial charge in [0.25, 0.3) is 5.91 Å². The molecule has 1 heterocycles. The fourth-order valence-electron chi connectivity index (χ4n) is 4.07. The topological polar surface area (TPSA) is 55.1 Å². The first-order valence-corrected chi connectivity index (χ1v) is 12.4. The summed E-state index contributed by atoms with van der Waals surface area (Å²) in [7, 11) is 0. The number of aromatic nitrogens is 1. The molecule has 4 nitrogen and oxygen atoms in total. The van der Waals surface area contributed by atoms with E-state index in [4.69, 9.17) is 16.1 Å². The monoisotopic (exact) mass is 474 g/mol. The van der Waals surface area contributed by atoms with Gasteiger partial charge in [0.1, 0.15) is 0 Å². The van der Waals surface area contributed by atoms with Gasteiger partial charge >= 0.3 is 0 Å². The summed E-state index contributed by atoms with van der Waals surface area (Å²) < 4.78 is 5.52. The summed E-state index contributed by atoms with van der Waals surface area (Å²) in [5.41, 5.74) is 5.87. The zero-order chi connectivity index (χ0) is 22.6. The van der Waals surface area contributed by atoms with Crippen molar-refractivity contribution in [1.82, 2.24) is 5.16 Å². The highest BCUT2D eigenvalue weighted by Gasteiger charge is 2.17. The molecule has 6 heteroatoms. The number of carbonyl (C=O) groups excluding carboxylic acids is 1. The largest absolute Gasteiger partial charge is 0.355 e. The molecular weight excluding hydrogens is 452 g/mol. The first-order valence-electron chi connectivity index (χ1n) is 11.0. The summed E-state index contributed by atoms with van der Waals surface area (Å²) in [6, 6.07) is 23.6. The summed E-state index contributed by atoms with van der Waals surface area (Å²) >= 11 is 7.74. The molecule has 166 valence electrons. The Kier molecular flexibility index (Phi) is 6.51. The van der Waals surface area contributed by atoms with Crippen LogP contribution in [0.4, 0.5) is 5.69 Å². The molecule has 5 rings (SSSR count). The fraction of sp³-hybridized carbons (Fsp3) is 0.185. The van der Waals surface area contributed by atoms with Crippen LogP contribution >= 0.6 is 23.4 Å². The number of hydrogen-bond acceptors (Lipinski definition) is 4. The number of fused-ring (bicyclic) bond motifs is 1. The van der Waals surface area contributed by atoms with Crippen LogP contribution in [0.15, 0.2) is 82.2 Å². The zero-order valence-electron chi connectivity index (χ0n) is 18.0. The molecule has 1 N–H and O–H groups in total. The van der Waals surface area contributed by atoms with Crippen LogP contribution in [0.2, 0.25) is 5.02 Å². The van der Waals surface area contributed by atoms with E-state index in [2.05, 4.69) is 22.6 Å². The third-order valence-corrected chi connectivity index (χ3v) is 7.17. The molecule has 0 spiro atoms. The number of amides is 1. The Labute approximate surface area is 202 Å².